The molecule has 0 amide bonds. The summed E-state index contributed by atoms with van der Waals surface area (Å²) in [4.78, 5) is 2.14. The van der Waals surface area contributed by atoms with Gasteiger partial charge < -0.3 is 10.0 Å². The van der Waals surface area contributed by atoms with Gasteiger partial charge >= 0.3 is 0 Å². The van der Waals surface area contributed by atoms with Crippen LogP contribution in [0.15, 0.2) is 23.1 Å². The monoisotopic (exact) mass is 270 g/mol. The van der Waals surface area contributed by atoms with Gasteiger partial charge in [-0.05, 0) is 30.5 Å². The van der Waals surface area contributed by atoms with Gasteiger partial charge in [0.2, 0.25) is 10.0 Å². The van der Waals surface area contributed by atoms with E-state index in [0.717, 1.165) is 24.2 Å². The van der Waals surface area contributed by atoms with Crippen LogP contribution in [0, 0.1) is 0 Å². The normalized spacial score (nSPS) is 16.7. The number of anilines is 1. The third-order valence-corrected chi connectivity index (χ3v) is 4.19. The topological polar surface area (TPSA) is 83.6 Å². The highest BCUT2D eigenvalue weighted by Gasteiger charge is 2.22. The lowest BCUT2D eigenvalue weighted by atomic mass is 10.2. The first-order valence-electron chi connectivity index (χ1n) is 6.00. The molecule has 0 bridgehead atoms. The first kappa shape index (κ1) is 13.3. The molecular weight excluding hydrogens is 252 g/mol. The Morgan fingerprint density at radius 1 is 1.50 bits per heavy atom. The maximum absolute atomic E-state index is 11.3. The van der Waals surface area contributed by atoms with Crippen molar-refractivity contribution in [3.63, 3.8) is 0 Å². The summed E-state index contributed by atoms with van der Waals surface area (Å²) >= 11 is 0. The summed E-state index contributed by atoms with van der Waals surface area (Å²) in [5.41, 5.74) is 1.97. The minimum Gasteiger partial charge on any atom is -0.391 e. The average Bonchev–Trinajstić information content (AvgIpc) is 2.70. The number of primary sulfonamides is 1. The lowest BCUT2D eigenvalue weighted by Crippen LogP contribution is -2.30. The molecule has 3 N–H and O–H groups in total. The molecule has 0 saturated heterocycles. The molecule has 0 fully saturated rings. The van der Waals surface area contributed by atoms with Gasteiger partial charge in [0.1, 0.15) is 0 Å². The zero-order chi connectivity index (χ0) is 13.3. The van der Waals surface area contributed by atoms with Crippen LogP contribution in [0.4, 0.5) is 5.69 Å². The predicted octanol–water partition coefficient (Wildman–Crippen LogP) is 0.467. The number of aliphatic hydroxyl groups excluding tert-OH is 1. The zero-order valence-corrected chi connectivity index (χ0v) is 11.2. The molecule has 1 aromatic carbocycles. The molecule has 2 rings (SSSR count). The van der Waals surface area contributed by atoms with Crippen molar-refractivity contribution in [2.45, 2.75) is 30.8 Å². The van der Waals surface area contributed by atoms with E-state index in [1.165, 1.54) is 6.07 Å². The van der Waals surface area contributed by atoms with Gasteiger partial charge in [-0.25, -0.2) is 13.6 Å². The highest BCUT2D eigenvalue weighted by molar-refractivity contribution is 7.89. The summed E-state index contributed by atoms with van der Waals surface area (Å²) in [7, 11) is -3.67. The largest absolute Gasteiger partial charge is 0.391 e. The Morgan fingerprint density at radius 3 is 2.83 bits per heavy atom. The molecule has 18 heavy (non-hydrogen) atoms. The average molecular weight is 270 g/mol. The van der Waals surface area contributed by atoms with Crippen LogP contribution in [-0.4, -0.2) is 32.7 Å². The van der Waals surface area contributed by atoms with E-state index < -0.39 is 16.1 Å². The molecule has 1 aliphatic heterocycles. The van der Waals surface area contributed by atoms with E-state index in [9.17, 15) is 13.5 Å². The van der Waals surface area contributed by atoms with Crippen LogP contribution >= 0.6 is 0 Å². The van der Waals surface area contributed by atoms with Gasteiger partial charge in [-0.3, -0.25) is 0 Å². The summed E-state index contributed by atoms with van der Waals surface area (Å²) in [5.74, 6) is 0. The van der Waals surface area contributed by atoms with Gasteiger partial charge in [0.25, 0.3) is 0 Å². The zero-order valence-electron chi connectivity index (χ0n) is 10.3. The van der Waals surface area contributed by atoms with Crippen LogP contribution in [0.5, 0.6) is 0 Å². The maximum Gasteiger partial charge on any atom is 0.238 e. The van der Waals surface area contributed by atoms with Gasteiger partial charge in [-0.1, -0.05) is 13.0 Å². The molecule has 0 saturated carbocycles. The highest BCUT2D eigenvalue weighted by atomic mass is 32.2. The Bertz CT molecular complexity index is 542. The van der Waals surface area contributed by atoms with Crippen molar-refractivity contribution in [1.29, 1.82) is 0 Å². The van der Waals surface area contributed by atoms with Crippen molar-refractivity contribution in [3.8, 4) is 0 Å². The van der Waals surface area contributed by atoms with Gasteiger partial charge in [-0.2, -0.15) is 0 Å². The Morgan fingerprint density at radius 2 is 2.22 bits per heavy atom. The van der Waals surface area contributed by atoms with Crippen LogP contribution in [0.25, 0.3) is 0 Å². The molecule has 0 unspecified atom stereocenters. The molecule has 6 heteroatoms. The molecular formula is C12H18N2O3S. The quantitative estimate of drug-likeness (QED) is 0.833. The van der Waals surface area contributed by atoms with Crippen molar-refractivity contribution in [2.75, 3.05) is 18.0 Å². The molecule has 1 heterocycles. The van der Waals surface area contributed by atoms with E-state index in [1.54, 1.807) is 12.1 Å². The number of nitrogens with zero attached hydrogens (tertiary/aromatic N) is 1. The van der Waals surface area contributed by atoms with Crippen LogP contribution in [-0.2, 0) is 16.4 Å². The third kappa shape index (κ3) is 2.66. The second-order valence-electron chi connectivity index (χ2n) is 4.59. The number of hydrogen-bond donors (Lipinski definition) is 2. The first-order chi connectivity index (χ1) is 8.41. The first-order valence-corrected chi connectivity index (χ1v) is 7.55. The minimum atomic E-state index is -3.67. The van der Waals surface area contributed by atoms with Crippen LogP contribution in [0.1, 0.15) is 18.9 Å². The summed E-state index contributed by atoms with van der Waals surface area (Å²) in [5, 5.41) is 14.8. The molecule has 0 spiro atoms. The maximum atomic E-state index is 11.3. The van der Waals surface area contributed by atoms with Crippen molar-refractivity contribution < 1.29 is 13.5 Å². The Labute approximate surface area is 107 Å². The van der Waals surface area contributed by atoms with E-state index in [2.05, 4.69) is 0 Å². The standard InChI is InChI=1S/C12H18N2O3S/c1-2-10(15)8-14-6-5-9-3-4-11(7-12(9)14)18(13,16)17/h3-4,7,10,15H,2,5-6,8H2,1H3,(H2,13,16,17)/t10-/m1/s1. The summed E-state index contributed by atoms with van der Waals surface area (Å²) < 4.78 is 22.7. The summed E-state index contributed by atoms with van der Waals surface area (Å²) in [6, 6.07) is 4.93. The molecule has 1 atom stereocenters. The Hall–Kier alpha value is -1.11. The fourth-order valence-corrected chi connectivity index (χ4v) is 2.71. The van der Waals surface area contributed by atoms with Crippen LogP contribution in [0.2, 0.25) is 0 Å². The van der Waals surface area contributed by atoms with Crippen LogP contribution in [0.3, 0.4) is 0 Å². The lowest BCUT2D eigenvalue weighted by Gasteiger charge is -2.22. The fraction of sp³-hybridized carbons (Fsp3) is 0.500. The second-order valence-corrected chi connectivity index (χ2v) is 6.16. The smallest absolute Gasteiger partial charge is 0.238 e. The fourth-order valence-electron chi connectivity index (χ4n) is 2.18. The second kappa shape index (κ2) is 4.87. The molecule has 5 nitrogen and oxygen atoms in total. The highest BCUT2D eigenvalue weighted by Crippen LogP contribution is 2.30. The molecule has 1 aliphatic rings. The lowest BCUT2D eigenvalue weighted by molar-refractivity contribution is 0.176. The summed E-state index contributed by atoms with van der Waals surface area (Å²) in [6.07, 6.45) is 1.16. The SMILES string of the molecule is CC[C@@H](O)CN1CCc2ccc(S(N)(=O)=O)cc21. The van der Waals surface area contributed by atoms with Gasteiger partial charge in [0.15, 0.2) is 0 Å². The van der Waals surface area contributed by atoms with E-state index >= 15 is 0 Å². The van der Waals surface area contributed by atoms with Gasteiger partial charge in [0.05, 0.1) is 11.0 Å². The van der Waals surface area contributed by atoms with Crippen molar-refractivity contribution in [3.05, 3.63) is 23.8 Å². The molecule has 1 aromatic rings. The van der Waals surface area contributed by atoms with Gasteiger partial charge in [0, 0.05) is 18.8 Å². The van der Waals surface area contributed by atoms with Crippen molar-refractivity contribution >= 4 is 15.7 Å². The van der Waals surface area contributed by atoms with E-state index in [-0.39, 0.29) is 4.90 Å². The number of sulfonamides is 1. The predicted molar refractivity (Wildman–Crippen MR) is 70.0 cm³/mol. The molecule has 0 radical (unpaired) electrons. The number of nitrogens with two attached hydrogens (primary N) is 1. The number of hydrogen-bond acceptors (Lipinski definition) is 4. The Balaban J connectivity index is 2.31. The summed E-state index contributed by atoms with van der Waals surface area (Å²) in [6.45, 7) is 3.25. The van der Waals surface area contributed by atoms with E-state index in [0.29, 0.717) is 13.0 Å². The van der Waals surface area contributed by atoms with Crippen molar-refractivity contribution in [2.24, 2.45) is 5.14 Å². The van der Waals surface area contributed by atoms with Crippen molar-refractivity contribution in [1.82, 2.24) is 0 Å². The van der Waals surface area contributed by atoms with E-state index in [4.69, 9.17) is 5.14 Å². The molecule has 100 valence electrons. The minimum absolute atomic E-state index is 0.124. The number of benzene rings is 1. The number of β-amino-alcohol motifs (C(OH)–C–C–N with tert-alkyl or cyclic N) is 1. The number of rotatable bonds is 4. The molecule has 0 aromatic heterocycles. The van der Waals surface area contributed by atoms with Crippen LogP contribution < -0.4 is 10.0 Å². The number of fused-ring (bicyclic) bond motifs is 1. The molecule has 0 aliphatic carbocycles. The number of aliphatic hydroxyl groups is 1. The third-order valence-electron chi connectivity index (χ3n) is 3.28. The van der Waals surface area contributed by atoms with Gasteiger partial charge in [-0.15, -0.1) is 0 Å². The Kier molecular flexibility index (Phi) is 3.61. The van der Waals surface area contributed by atoms with E-state index in [1.807, 2.05) is 11.8 Å².